The fraction of sp³-hybridized carbons (Fsp3) is 0.222. The Morgan fingerprint density at radius 3 is 2.67 bits per heavy atom. The van der Waals surface area contributed by atoms with E-state index in [1.54, 1.807) is 24.7 Å². The van der Waals surface area contributed by atoms with Crippen molar-refractivity contribution in [3.63, 3.8) is 0 Å². The van der Waals surface area contributed by atoms with E-state index in [9.17, 15) is 8.42 Å². The van der Waals surface area contributed by atoms with E-state index in [4.69, 9.17) is 11.6 Å². The molecule has 0 saturated heterocycles. The third kappa shape index (κ3) is 2.56. The normalized spacial score (nSPS) is 11.8. The van der Waals surface area contributed by atoms with Crippen LogP contribution in [0.15, 0.2) is 20.9 Å². The molecule has 2 aromatic heterocycles. The summed E-state index contributed by atoms with van der Waals surface area (Å²) in [5.41, 5.74) is 1.19. The molecule has 0 aliphatic heterocycles. The average molecular weight is 371 g/mol. The van der Waals surface area contributed by atoms with Gasteiger partial charge in [-0.3, -0.25) is 9.40 Å². The molecule has 0 atom stereocenters. The monoisotopic (exact) mass is 369 g/mol. The number of sulfonamides is 1. The summed E-state index contributed by atoms with van der Waals surface area (Å²) >= 11 is 9.96. The van der Waals surface area contributed by atoms with Gasteiger partial charge in [-0.2, -0.15) is 5.10 Å². The Hall–Kier alpha value is -0.570. The molecule has 2 heterocycles. The smallest absolute Gasteiger partial charge is 0.272 e. The second-order valence-electron chi connectivity index (χ2n) is 3.56. The van der Waals surface area contributed by atoms with E-state index >= 15 is 0 Å². The maximum absolute atomic E-state index is 12.2. The third-order valence-corrected chi connectivity index (χ3v) is 6.66. The second-order valence-corrected chi connectivity index (χ2v) is 7.97. The lowest BCUT2D eigenvalue weighted by atomic mass is 10.4. The van der Waals surface area contributed by atoms with Crippen molar-refractivity contribution in [2.75, 3.05) is 4.72 Å². The molecule has 18 heavy (non-hydrogen) atoms. The Morgan fingerprint density at radius 2 is 2.22 bits per heavy atom. The van der Waals surface area contributed by atoms with Gasteiger partial charge in [-0.1, -0.05) is 11.6 Å². The number of aromatic nitrogens is 2. The largest absolute Gasteiger partial charge is 0.275 e. The van der Waals surface area contributed by atoms with E-state index in [2.05, 4.69) is 25.8 Å². The lowest BCUT2D eigenvalue weighted by Gasteiger charge is -2.05. The van der Waals surface area contributed by atoms with Gasteiger partial charge in [-0.25, -0.2) is 8.42 Å². The first-order valence-electron chi connectivity index (χ1n) is 4.77. The highest BCUT2D eigenvalue weighted by Crippen LogP contribution is 2.35. The van der Waals surface area contributed by atoms with Crippen molar-refractivity contribution in [3.8, 4) is 0 Å². The lowest BCUT2D eigenvalue weighted by molar-refractivity contribution is 0.602. The van der Waals surface area contributed by atoms with Gasteiger partial charge in [0.1, 0.15) is 0 Å². The molecule has 2 rings (SSSR count). The fourth-order valence-corrected chi connectivity index (χ4v) is 5.41. The summed E-state index contributed by atoms with van der Waals surface area (Å²) in [6.45, 7) is 1.78. The van der Waals surface area contributed by atoms with Gasteiger partial charge in [0.05, 0.1) is 26.4 Å². The van der Waals surface area contributed by atoms with Crippen LogP contribution in [0.2, 0.25) is 4.34 Å². The maximum atomic E-state index is 12.2. The Kier molecular flexibility index (Phi) is 3.72. The first-order valence-corrected chi connectivity index (χ1v) is 8.24. The van der Waals surface area contributed by atoms with Crippen molar-refractivity contribution < 1.29 is 8.42 Å². The summed E-state index contributed by atoms with van der Waals surface area (Å²) in [6, 6.07) is 1.55. The predicted octanol–water partition coefficient (Wildman–Crippen LogP) is 3.01. The molecular formula is C9H9BrClN3O2S2. The minimum absolute atomic E-state index is 0.149. The molecule has 0 radical (unpaired) electrons. The van der Waals surface area contributed by atoms with Crippen molar-refractivity contribution in [2.24, 2.45) is 7.05 Å². The molecule has 5 nitrogen and oxygen atoms in total. The van der Waals surface area contributed by atoms with E-state index in [1.165, 1.54) is 6.20 Å². The van der Waals surface area contributed by atoms with Crippen LogP contribution in [-0.4, -0.2) is 18.2 Å². The summed E-state index contributed by atoms with van der Waals surface area (Å²) in [4.78, 5) is 0. The zero-order valence-electron chi connectivity index (χ0n) is 9.44. The summed E-state index contributed by atoms with van der Waals surface area (Å²) in [6.07, 6.45) is 1.47. The molecule has 0 fully saturated rings. The van der Waals surface area contributed by atoms with Crippen molar-refractivity contribution in [2.45, 2.75) is 11.1 Å². The highest BCUT2D eigenvalue weighted by molar-refractivity contribution is 9.10. The van der Waals surface area contributed by atoms with E-state index in [0.29, 0.717) is 14.5 Å². The molecule has 0 bridgehead atoms. The predicted molar refractivity (Wildman–Crippen MR) is 75.8 cm³/mol. The maximum Gasteiger partial charge on any atom is 0.272 e. The first kappa shape index (κ1) is 13.9. The molecule has 0 aliphatic rings. The molecule has 0 spiro atoms. The zero-order valence-corrected chi connectivity index (χ0v) is 13.4. The number of nitrogens with zero attached hydrogens (tertiary/aromatic N) is 2. The molecule has 2 aromatic rings. The van der Waals surface area contributed by atoms with Crippen LogP contribution < -0.4 is 4.72 Å². The molecular weight excluding hydrogens is 362 g/mol. The molecule has 98 valence electrons. The topological polar surface area (TPSA) is 64.0 Å². The molecule has 0 amide bonds. The highest BCUT2D eigenvalue weighted by Gasteiger charge is 2.22. The number of anilines is 1. The van der Waals surface area contributed by atoms with Gasteiger partial charge in [0.2, 0.25) is 0 Å². The first-order chi connectivity index (χ1) is 8.31. The van der Waals surface area contributed by atoms with Crippen molar-refractivity contribution in [1.82, 2.24) is 9.78 Å². The number of hydrogen-bond donors (Lipinski definition) is 1. The van der Waals surface area contributed by atoms with Gasteiger partial charge in [0.15, 0.2) is 4.21 Å². The summed E-state index contributed by atoms with van der Waals surface area (Å²) in [5, 5.41) is 3.98. The van der Waals surface area contributed by atoms with Gasteiger partial charge in [0.25, 0.3) is 10.0 Å². The summed E-state index contributed by atoms with van der Waals surface area (Å²) < 4.78 is 29.4. The minimum Gasteiger partial charge on any atom is -0.275 e. The fourth-order valence-electron chi connectivity index (χ4n) is 1.30. The van der Waals surface area contributed by atoms with Gasteiger partial charge >= 0.3 is 0 Å². The second kappa shape index (κ2) is 4.84. The van der Waals surface area contributed by atoms with Gasteiger partial charge < -0.3 is 0 Å². The Labute approximate surface area is 122 Å². The summed E-state index contributed by atoms with van der Waals surface area (Å²) in [7, 11) is -1.91. The van der Waals surface area contributed by atoms with Crippen molar-refractivity contribution in [3.05, 3.63) is 26.8 Å². The number of thiophene rings is 1. The lowest BCUT2D eigenvalue weighted by Crippen LogP contribution is -2.12. The van der Waals surface area contributed by atoms with Crippen LogP contribution in [0.25, 0.3) is 0 Å². The third-order valence-electron chi connectivity index (χ3n) is 2.35. The SMILES string of the molecule is Cc1c(NS(=O)(=O)c2sc(Cl)cc2Br)cnn1C. The number of halogens is 2. The van der Waals surface area contributed by atoms with Gasteiger partial charge in [-0.05, 0) is 28.9 Å². The van der Waals surface area contributed by atoms with E-state index in [1.807, 2.05) is 0 Å². The molecule has 9 heteroatoms. The quantitative estimate of drug-likeness (QED) is 0.903. The Morgan fingerprint density at radius 1 is 1.56 bits per heavy atom. The van der Waals surface area contributed by atoms with Crippen LogP contribution in [-0.2, 0) is 17.1 Å². The van der Waals surface area contributed by atoms with Crippen LogP contribution in [0.1, 0.15) is 5.69 Å². The number of nitrogens with one attached hydrogen (secondary N) is 1. The average Bonchev–Trinajstić information content (AvgIpc) is 2.75. The molecule has 1 N–H and O–H groups in total. The van der Waals surface area contributed by atoms with E-state index in [0.717, 1.165) is 17.0 Å². The number of rotatable bonds is 3. The molecule has 0 unspecified atom stereocenters. The van der Waals surface area contributed by atoms with Crippen LogP contribution in [0.4, 0.5) is 5.69 Å². The Balaban J connectivity index is 2.39. The molecule has 0 aliphatic carbocycles. The standard InChI is InChI=1S/C9H9BrClN3O2S2/c1-5-7(4-12-14(5)2)13-18(15,16)9-6(10)3-8(11)17-9/h3-4,13H,1-2H3. The van der Waals surface area contributed by atoms with Crippen LogP contribution >= 0.6 is 38.9 Å². The van der Waals surface area contributed by atoms with Crippen LogP contribution in [0, 0.1) is 6.92 Å². The molecule has 0 saturated carbocycles. The summed E-state index contributed by atoms with van der Waals surface area (Å²) in [5.74, 6) is 0. The van der Waals surface area contributed by atoms with Crippen molar-refractivity contribution >= 4 is 54.6 Å². The van der Waals surface area contributed by atoms with Gasteiger partial charge in [0, 0.05) is 7.05 Å². The van der Waals surface area contributed by atoms with E-state index < -0.39 is 10.0 Å². The number of aryl methyl sites for hydroxylation is 1. The zero-order chi connectivity index (χ0) is 13.5. The van der Waals surface area contributed by atoms with Crippen molar-refractivity contribution in [1.29, 1.82) is 0 Å². The van der Waals surface area contributed by atoms with Crippen LogP contribution in [0.5, 0.6) is 0 Å². The minimum atomic E-state index is -3.65. The number of hydrogen-bond acceptors (Lipinski definition) is 4. The Bertz CT molecular complexity index is 693. The van der Waals surface area contributed by atoms with Gasteiger partial charge in [-0.15, -0.1) is 11.3 Å². The highest BCUT2D eigenvalue weighted by atomic mass is 79.9. The van der Waals surface area contributed by atoms with E-state index in [-0.39, 0.29) is 4.21 Å². The van der Waals surface area contributed by atoms with Crippen LogP contribution in [0.3, 0.4) is 0 Å². The molecule has 0 aromatic carbocycles.